The van der Waals surface area contributed by atoms with Crippen molar-refractivity contribution in [3.63, 3.8) is 0 Å². The highest BCUT2D eigenvalue weighted by atomic mass is 32.2. The third-order valence-corrected chi connectivity index (χ3v) is 4.54. The van der Waals surface area contributed by atoms with Gasteiger partial charge >= 0.3 is 0 Å². The van der Waals surface area contributed by atoms with Crippen molar-refractivity contribution < 1.29 is 5.11 Å². The number of rotatable bonds is 2. The molecule has 2 aromatic rings. The molecule has 0 spiro atoms. The molecular formula is C16H14N2OS. The molecule has 1 aliphatic rings. The molecule has 4 heteroatoms. The second-order valence-corrected chi connectivity index (χ2v) is 5.71. The Morgan fingerprint density at radius 2 is 1.95 bits per heavy atom. The third kappa shape index (κ3) is 1.96. The molecule has 1 N–H and O–H groups in total. The van der Waals surface area contributed by atoms with E-state index in [0.717, 1.165) is 26.7 Å². The minimum atomic E-state index is -0.549. The highest BCUT2D eigenvalue weighted by Crippen LogP contribution is 2.50. The SMILES string of the molecule is CCC(O)c1cccc2c1N(C#N)c1ccccc1S2. The monoisotopic (exact) mass is 282 g/mol. The molecule has 0 saturated heterocycles. The van der Waals surface area contributed by atoms with Crippen LogP contribution < -0.4 is 4.90 Å². The van der Waals surface area contributed by atoms with Gasteiger partial charge in [0.2, 0.25) is 0 Å². The van der Waals surface area contributed by atoms with Crippen LogP contribution in [0.3, 0.4) is 0 Å². The van der Waals surface area contributed by atoms with E-state index in [1.165, 1.54) is 0 Å². The van der Waals surface area contributed by atoms with E-state index in [0.29, 0.717) is 6.42 Å². The lowest BCUT2D eigenvalue weighted by Gasteiger charge is -2.29. The summed E-state index contributed by atoms with van der Waals surface area (Å²) in [5.74, 6) is 0. The first-order chi connectivity index (χ1) is 9.76. The number of nitrogens with zero attached hydrogens (tertiary/aromatic N) is 2. The minimum absolute atomic E-state index is 0.549. The molecule has 0 bridgehead atoms. The maximum Gasteiger partial charge on any atom is 0.189 e. The van der Waals surface area contributed by atoms with Crippen LogP contribution in [0.2, 0.25) is 0 Å². The molecule has 0 aromatic heterocycles. The summed E-state index contributed by atoms with van der Waals surface area (Å²) in [6, 6.07) is 13.7. The van der Waals surface area contributed by atoms with Crippen LogP contribution in [0.5, 0.6) is 0 Å². The Morgan fingerprint density at radius 3 is 2.70 bits per heavy atom. The summed E-state index contributed by atoms with van der Waals surface area (Å²) in [7, 11) is 0. The van der Waals surface area contributed by atoms with E-state index in [1.807, 2.05) is 49.4 Å². The topological polar surface area (TPSA) is 47.3 Å². The maximum absolute atomic E-state index is 10.2. The van der Waals surface area contributed by atoms with Crippen LogP contribution in [0.1, 0.15) is 25.0 Å². The Kier molecular flexibility index (Phi) is 3.39. The van der Waals surface area contributed by atoms with Gasteiger partial charge in [-0.1, -0.05) is 43.0 Å². The third-order valence-electron chi connectivity index (χ3n) is 3.43. The fourth-order valence-corrected chi connectivity index (χ4v) is 3.52. The smallest absolute Gasteiger partial charge is 0.189 e. The van der Waals surface area contributed by atoms with Crippen LogP contribution in [-0.2, 0) is 0 Å². The van der Waals surface area contributed by atoms with Gasteiger partial charge in [-0.05, 0) is 24.6 Å². The van der Waals surface area contributed by atoms with E-state index >= 15 is 0 Å². The van der Waals surface area contributed by atoms with Gasteiger partial charge in [0, 0.05) is 15.4 Å². The summed E-state index contributed by atoms with van der Waals surface area (Å²) in [6.45, 7) is 1.94. The molecule has 100 valence electrons. The van der Waals surface area contributed by atoms with E-state index in [2.05, 4.69) is 6.19 Å². The van der Waals surface area contributed by atoms with Gasteiger partial charge in [-0.25, -0.2) is 4.90 Å². The summed E-state index contributed by atoms with van der Waals surface area (Å²) in [4.78, 5) is 3.69. The quantitative estimate of drug-likeness (QED) is 0.838. The molecule has 0 radical (unpaired) electrons. The Labute approximate surface area is 122 Å². The van der Waals surface area contributed by atoms with Crippen molar-refractivity contribution in [3.05, 3.63) is 48.0 Å². The fourth-order valence-electron chi connectivity index (χ4n) is 2.42. The Morgan fingerprint density at radius 1 is 1.20 bits per heavy atom. The Bertz CT molecular complexity index is 693. The van der Waals surface area contributed by atoms with Gasteiger partial charge in [0.05, 0.1) is 17.5 Å². The number of nitriles is 1. The fraction of sp³-hybridized carbons (Fsp3) is 0.188. The number of hydrogen-bond donors (Lipinski definition) is 1. The average molecular weight is 282 g/mol. The molecule has 1 atom stereocenters. The summed E-state index contributed by atoms with van der Waals surface area (Å²) in [5, 5.41) is 19.7. The molecule has 1 unspecified atom stereocenters. The molecule has 1 heterocycles. The summed E-state index contributed by atoms with van der Waals surface area (Å²) in [5.41, 5.74) is 2.50. The zero-order chi connectivity index (χ0) is 14.1. The molecule has 0 fully saturated rings. The number of benzene rings is 2. The lowest BCUT2D eigenvalue weighted by atomic mass is 10.0. The van der Waals surface area contributed by atoms with E-state index in [9.17, 15) is 10.4 Å². The number of fused-ring (bicyclic) bond motifs is 2. The molecule has 2 aromatic carbocycles. The zero-order valence-corrected chi connectivity index (χ0v) is 11.9. The van der Waals surface area contributed by atoms with Crippen LogP contribution in [0.25, 0.3) is 0 Å². The average Bonchev–Trinajstić information content (AvgIpc) is 2.51. The first-order valence-corrected chi connectivity index (χ1v) is 7.35. The Hall–Kier alpha value is -1.96. The largest absolute Gasteiger partial charge is 0.388 e. The van der Waals surface area contributed by atoms with Gasteiger partial charge in [0.25, 0.3) is 0 Å². The number of hydrogen-bond acceptors (Lipinski definition) is 4. The van der Waals surface area contributed by atoms with Gasteiger partial charge in [-0.3, -0.25) is 0 Å². The molecule has 1 aliphatic heterocycles. The molecule has 3 nitrogen and oxygen atoms in total. The van der Waals surface area contributed by atoms with Gasteiger partial charge in [0.15, 0.2) is 6.19 Å². The van der Waals surface area contributed by atoms with Crippen molar-refractivity contribution in [2.24, 2.45) is 0 Å². The predicted octanol–water partition coefficient (Wildman–Crippen LogP) is 4.21. The first-order valence-electron chi connectivity index (χ1n) is 6.54. The van der Waals surface area contributed by atoms with Crippen molar-refractivity contribution in [1.29, 1.82) is 5.26 Å². The normalized spacial score (nSPS) is 14.2. The van der Waals surface area contributed by atoms with Crippen LogP contribution >= 0.6 is 11.8 Å². The van der Waals surface area contributed by atoms with Crippen LogP contribution in [0, 0.1) is 11.5 Å². The highest BCUT2D eigenvalue weighted by molar-refractivity contribution is 7.99. The number of aliphatic hydroxyl groups is 1. The van der Waals surface area contributed by atoms with Gasteiger partial charge < -0.3 is 5.11 Å². The summed E-state index contributed by atoms with van der Waals surface area (Å²) in [6.07, 6.45) is 2.32. The number of aliphatic hydroxyl groups excluding tert-OH is 1. The first kappa shape index (κ1) is 13.0. The van der Waals surface area contributed by atoms with Crippen LogP contribution in [-0.4, -0.2) is 5.11 Å². The van der Waals surface area contributed by atoms with Crippen molar-refractivity contribution in [3.8, 4) is 6.19 Å². The van der Waals surface area contributed by atoms with Crippen molar-refractivity contribution in [1.82, 2.24) is 0 Å². The number of anilines is 2. The van der Waals surface area contributed by atoms with E-state index < -0.39 is 6.10 Å². The van der Waals surface area contributed by atoms with Crippen molar-refractivity contribution in [2.45, 2.75) is 29.2 Å². The van der Waals surface area contributed by atoms with Crippen LogP contribution in [0.4, 0.5) is 11.4 Å². The lowest BCUT2D eigenvalue weighted by Crippen LogP contribution is -2.17. The number of para-hydroxylation sites is 2. The van der Waals surface area contributed by atoms with E-state index in [1.54, 1.807) is 16.7 Å². The molecule has 20 heavy (non-hydrogen) atoms. The predicted molar refractivity (Wildman–Crippen MR) is 80.0 cm³/mol. The van der Waals surface area contributed by atoms with E-state index in [-0.39, 0.29) is 0 Å². The van der Waals surface area contributed by atoms with Crippen molar-refractivity contribution >= 4 is 23.1 Å². The van der Waals surface area contributed by atoms with E-state index in [4.69, 9.17) is 0 Å². The molecule has 3 rings (SSSR count). The molecule has 0 aliphatic carbocycles. The lowest BCUT2D eigenvalue weighted by molar-refractivity contribution is 0.174. The zero-order valence-electron chi connectivity index (χ0n) is 11.1. The standard InChI is InChI=1S/C16H14N2OS/c1-2-13(19)11-6-5-9-15-16(11)18(10-17)12-7-3-4-8-14(12)20-15/h3-9,13,19H,2H2,1H3. The van der Waals surface area contributed by atoms with Gasteiger partial charge in [0.1, 0.15) is 0 Å². The molecule has 0 amide bonds. The second-order valence-electron chi connectivity index (χ2n) is 4.62. The van der Waals surface area contributed by atoms with Crippen LogP contribution in [0.15, 0.2) is 52.3 Å². The maximum atomic E-state index is 10.2. The van der Waals surface area contributed by atoms with Gasteiger partial charge in [-0.2, -0.15) is 5.26 Å². The summed E-state index contributed by atoms with van der Waals surface area (Å²) < 4.78 is 0. The Balaban J connectivity index is 2.22. The molecular weight excluding hydrogens is 268 g/mol. The van der Waals surface area contributed by atoms with Gasteiger partial charge in [-0.15, -0.1) is 0 Å². The second kappa shape index (κ2) is 5.20. The highest BCUT2D eigenvalue weighted by Gasteiger charge is 2.27. The minimum Gasteiger partial charge on any atom is -0.388 e. The van der Waals surface area contributed by atoms with Crippen molar-refractivity contribution in [2.75, 3.05) is 4.90 Å². The molecule has 0 saturated carbocycles. The summed E-state index contributed by atoms with van der Waals surface area (Å²) >= 11 is 1.64.